The molecule has 3 heterocycles. The van der Waals surface area contributed by atoms with Gasteiger partial charge in [-0.2, -0.15) is 4.98 Å². The lowest BCUT2D eigenvalue weighted by molar-refractivity contribution is 0.656. The molecule has 1 aromatic carbocycles. The Morgan fingerprint density at radius 3 is 2.39 bits per heavy atom. The van der Waals surface area contributed by atoms with Gasteiger partial charge in [-0.15, -0.1) is 0 Å². The maximum atomic E-state index is 13.3. The van der Waals surface area contributed by atoms with Crippen LogP contribution in [0.15, 0.2) is 27.8 Å². The molecule has 9 heteroatoms. The van der Waals surface area contributed by atoms with Crippen LogP contribution in [0.5, 0.6) is 0 Å². The van der Waals surface area contributed by atoms with Gasteiger partial charge >= 0.3 is 5.69 Å². The van der Waals surface area contributed by atoms with Gasteiger partial charge in [-0.1, -0.05) is 29.3 Å². The van der Waals surface area contributed by atoms with Crippen molar-refractivity contribution >= 4 is 40.1 Å². The van der Waals surface area contributed by atoms with E-state index in [1.165, 1.54) is 9.13 Å². The first-order chi connectivity index (χ1) is 13.3. The summed E-state index contributed by atoms with van der Waals surface area (Å²) in [6.45, 7) is 6.78. The van der Waals surface area contributed by atoms with Crippen LogP contribution in [-0.4, -0.2) is 23.1 Å². The molecule has 7 nitrogen and oxygen atoms in total. The molecule has 0 atom stereocenters. The summed E-state index contributed by atoms with van der Waals surface area (Å²) in [5.74, 6) is 0.659. The van der Waals surface area contributed by atoms with Gasteiger partial charge in [0.05, 0.1) is 16.6 Å². The third-order valence-electron chi connectivity index (χ3n) is 5.27. The van der Waals surface area contributed by atoms with Crippen LogP contribution in [0.3, 0.4) is 0 Å². The second kappa shape index (κ2) is 6.53. The lowest BCUT2D eigenvalue weighted by Crippen LogP contribution is -2.39. The Balaban J connectivity index is 2.05. The summed E-state index contributed by atoms with van der Waals surface area (Å²) >= 11 is 12.1. The predicted octanol–water partition coefficient (Wildman–Crippen LogP) is 3.14. The van der Waals surface area contributed by atoms with Gasteiger partial charge < -0.3 is 4.57 Å². The quantitative estimate of drug-likeness (QED) is 0.512. The molecule has 0 fully saturated rings. The first-order valence-corrected chi connectivity index (χ1v) is 9.63. The number of hydrogen-bond acceptors (Lipinski definition) is 3. The third kappa shape index (κ3) is 2.53. The van der Waals surface area contributed by atoms with Crippen LogP contribution in [0.4, 0.5) is 0 Å². The summed E-state index contributed by atoms with van der Waals surface area (Å²) in [6.07, 6.45) is 0. The number of aryl methyl sites for hydroxylation is 3. The Labute approximate surface area is 170 Å². The van der Waals surface area contributed by atoms with Crippen molar-refractivity contribution in [2.24, 2.45) is 7.05 Å². The standard InChI is InChI=1S/C19H19Cl2N5O2/c1-5-24-10(2)11(3)26-15-16(22-18(24)26)23(4)19(28)25(17(15)27)9-12-6-7-13(20)14(21)8-12/h6-8H,5,9H2,1-4H3. The molecule has 4 rings (SSSR count). The Bertz CT molecular complexity index is 1370. The lowest BCUT2D eigenvalue weighted by atomic mass is 10.2. The highest BCUT2D eigenvalue weighted by Crippen LogP contribution is 2.23. The van der Waals surface area contributed by atoms with Gasteiger partial charge in [0.2, 0.25) is 5.78 Å². The van der Waals surface area contributed by atoms with Gasteiger partial charge in [-0.25, -0.2) is 4.79 Å². The van der Waals surface area contributed by atoms with Gasteiger partial charge in [0.15, 0.2) is 11.2 Å². The van der Waals surface area contributed by atoms with Crippen molar-refractivity contribution < 1.29 is 0 Å². The van der Waals surface area contributed by atoms with Crippen LogP contribution in [0.25, 0.3) is 16.9 Å². The van der Waals surface area contributed by atoms with Crippen molar-refractivity contribution in [2.45, 2.75) is 33.9 Å². The third-order valence-corrected chi connectivity index (χ3v) is 6.01. The fraction of sp³-hybridized carbons (Fsp3) is 0.316. The summed E-state index contributed by atoms with van der Waals surface area (Å²) in [7, 11) is 1.63. The molecule has 0 unspecified atom stereocenters. The van der Waals surface area contributed by atoms with Crippen LogP contribution in [0.2, 0.25) is 10.0 Å². The molecule has 0 amide bonds. The predicted molar refractivity (Wildman–Crippen MR) is 111 cm³/mol. The molecule has 0 aliphatic heterocycles. The normalized spacial score (nSPS) is 11.8. The van der Waals surface area contributed by atoms with E-state index in [-0.39, 0.29) is 12.1 Å². The fourth-order valence-electron chi connectivity index (χ4n) is 3.65. The Hall–Kier alpha value is -2.51. The first kappa shape index (κ1) is 18.8. The minimum atomic E-state index is -0.429. The van der Waals surface area contributed by atoms with Crippen molar-refractivity contribution in [1.29, 1.82) is 0 Å². The summed E-state index contributed by atoms with van der Waals surface area (Å²) < 4.78 is 6.48. The van der Waals surface area contributed by atoms with E-state index in [9.17, 15) is 9.59 Å². The van der Waals surface area contributed by atoms with Crippen molar-refractivity contribution in [3.63, 3.8) is 0 Å². The summed E-state index contributed by atoms with van der Waals surface area (Å²) in [5, 5.41) is 0.800. The minimum absolute atomic E-state index is 0.0953. The SMILES string of the molecule is CCn1c(C)c(C)n2c3c(=O)n(Cc4ccc(Cl)c(Cl)c4)c(=O)n(C)c3nc12. The van der Waals surface area contributed by atoms with Gasteiger partial charge in [0, 0.05) is 25.0 Å². The molecule has 0 spiro atoms. The smallest absolute Gasteiger partial charge is 0.314 e. The number of fused-ring (bicyclic) bond motifs is 3. The summed E-state index contributed by atoms with van der Waals surface area (Å²) in [4.78, 5) is 30.8. The minimum Gasteiger partial charge on any atom is -0.314 e. The number of imidazole rings is 2. The van der Waals surface area contributed by atoms with Crippen LogP contribution in [-0.2, 0) is 20.1 Å². The van der Waals surface area contributed by atoms with Gasteiger partial charge in [-0.3, -0.25) is 18.3 Å². The van der Waals surface area contributed by atoms with E-state index < -0.39 is 5.69 Å². The Kier molecular flexibility index (Phi) is 4.39. The highest BCUT2D eigenvalue weighted by atomic mass is 35.5. The fourth-order valence-corrected chi connectivity index (χ4v) is 3.97. The Morgan fingerprint density at radius 1 is 1.04 bits per heavy atom. The van der Waals surface area contributed by atoms with E-state index in [0.29, 0.717) is 32.6 Å². The number of nitrogens with zero attached hydrogens (tertiary/aromatic N) is 5. The molecule has 0 saturated carbocycles. The monoisotopic (exact) mass is 419 g/mol. The average molecular weight is 420 g/mol. The van der Waals surface area contributed by atoms with Crippen molar-refractivity contribution in [1.82, 2.24) is 23.1 Å². The number of benzene rings is 1. The highest BCUT2D eigenvalue weighted by molar-refractivity contribution is 6.42. The highest BCUT2D eigenvalue weighted by Gasteiger charge is 2.22. The molecule has 0 saturated heterocycles. The van der Waals surface area contributed by atoms with E-state index in [1.54, 1.807) is 25.2 Å². The molecule has 0 bridgehead atoms. The van der Waals surface area contributed by atoms with Gasteiger partial charge in [-0.05, 0) is 38.5 Å². The van der Waals surface area contributed by atoms with Crippen LogP contribution < -0.4 is 11.2 Å². The lowest BCUT2D eigenvalue weighted by Gasteiger charge is -2.09. The maximum Gasteiger partial charge on any atom is 0.332 e. The van der Waals surface area contributed by atoms with Crippen LogP contribution >= 0.6 is 23.2 Å². The molecule has 4 aromatic rings. The van der Waals surface area contributed by atoms with E-state index in [0.717, 1.165) is 17.9 Å². The second-order valence-corrected chi connectivity index (χ2v) is 7.63. The van der Waals surface area contributed by atoms with Crippen molar-refractivity contribution in [3.05, 3.63) is 66.0 Å². The summed E-state index contributed by atoms with van der Waals surface area (Å²) in [5.41, 5.74) is 2.64. The molecule has 0 aliphatic carbocycles. The molecule has 146 valence electrons. The Morgan fingerprint density at radius 2 is 1.75 bits per heavy atom. The largest absolute Gasteiger partial charge is 0.332 e. The number of hydrogen-bond donors (Lipinski definition) is 0. The molecule has 28 heavy (non-hydrogen) atoms. The van der Waals surface area contributed by atoms with E-state index >= 15 is 0 Å². The molecule has 0 radical (unpaired) electrons. The van der Waals surface area contributed by atoms with E-state index in [2.05, 4.69) is 4.98 Å². The molecule has 0 N–H and O–H groups in total. The topological polar surface area (TPSA) is 66.2 Å². The zero-order chi connectivity index (χ0) is 20.3. The molecule has 0 aliphatic rings. The van der Waals surface area contributed by atoms with Crippen molar-refractivity contribution in [3.8, 4) is 0 Å². The van der Waals surface area contributed by atoms with E-state index in [1.807, 2.05) is 29.7 Å². The zero-order valence-corrected chi connectivity index (χ0v) is 17.5. The average Bonchev–Trinajstić information content (AvgIpc) is 3.16. The molecular weight excluding hydrogens is 401 g/mol. The molecular formula is C19H19Cl2N5O2. The maximum absolute atomic E-state index is 13.3. The first-order valence-electron chi connectivity index (χ1n) is 8.87. The second-order valence-electron chi connectivity index (χ2n) is 6.82. The van der Waals surface area contributed by atoms with Crippen LogP contribution in [0.1, 0.15) is 23.9 Å². The van der Waals surface area contributed by atoms with Gasteiger partial charge in [0.1, 0.15) is 0 Å². The molecule has 3 aromatic heterocycles. The van der Waals surface area contributed by atoms with Crippen molar-refractivity contribution in [2.75, 3.05) is 0 Å². The van der Waals surface area contributed by atoms with Crippen LogP contribution in [0, 0.1) is 13.8 Å². The summed E-state index contributed by atoms with van der Waals surface area (Å²) in [6, 6.07) is 5.06. The zero-order valence-electron chi connectivity index (χ0n) is 16.0. The number of aromatic nitrogens is 5. The number of halogens is 2. The van der Waals surface area contributed by atoms with E-state index in [4.69, 9.17) is 23.2 Å². The van der Waals surface area contributed by atoms with Gasteiger partial charge in [0.25, 0.3) is 5.56 Å². The number of rotatable bonds is 3.